The Morgan fingerprint density at radius 3 is 1.88 bits per heavy atom. The molecule has 1 atom stereocenters. The average molecular weight is 665 g/mol. The summed E-state index contributed by atoms with van der Waals surface area (Å²) in [6, 6.07) is 64.4. The molecule has 1 aromatic heterocycles. The highest BCUT2D eigenvalue weighted by Crippen LogP contribution is 2.44. The molecule has 10 rings (SSSR count). The third-order valence-corrected chi connectivity index (χ3v) is 10.7. The molecule has 0 bridgehead atoms. The number of nitrogens with zero attached hydrogens (tertiary/aromatic N) is 2. The Hall–Kier alpha value is -6.64. The molecule has 0 amide bonds. The second-order valence-corrected chi connectivity index (χ2v) is 13.7. The maximum absolute atomic E-state index is 2.45. The van der Waals surface area contributed by atoms with Gasteiger partial charge in [-0.15, -0.1) is 0 Å². The van der Waals surface area contributed by atoms with Crippen molar-refractivity contribution in [3.63, 3.8) is 0 Å². The minimum absolute atomic E-state index is 0.361. The van der Waals surface area contributed by atoms with Crippen LogP contribution < -0.4 is 4.90 Å². The number of fused-ring (bicyclic) bond motifs is 6. The molecule has 8 aromatic carbocycles. The van der Waals surface area contributed by atoms with Crippen molar-refractivity contribution in [3.05, 3.63) is 206 Å². The lowest BCUT2D eigenvalue weighted by atomic mass is 9.92. The summed E-state index contributed by atoms with van der Waals surface area (Å²) in [6.45, 7) is 0. The summed E-state index contributed by atoms with van der Waals surface area (Å²) in [6.07, 6.45) is 9.92. The van der Waals surface area contributed by atoms with Crippen molar-refractivity contribution >= 4 is 60.4 Å². The molecular formula is C50H36N2. The number of hydrogen-bond donors (Lipinski definition) is 0. The molecule has 0 fully saturated rings. The van der Waals surface area contributed by atoms with Crippen molar-refractivity contribution in [1.82, 2.24) is 4.57 Å². The number of benzene rings is 8. The van der Waals surface area contributed by atoms with Gasteiger partial charge in [0.15, 0.2) is 0 Å². The average Bonchev–Trinajstić information content (AvgIpc) is 3.56. The summed E-state index contributed by atoms with van der Waals surface area (Å²) in [4.78, 5) is 2.45. The first-order valence-electron chi connectivity index (χ1n) is 18.1. The van der Waals surface area contributed by atoms with Gasteiger partial charge in [-0.2, -0.15) is 0 Å². The predicted octanol–water partition coefficient (Wildman–Crippen LogP) is 13.8. The van der Waals surface area contributed by atoms with Gasteiger partial charge in [0, 0.05) is 39.0 Å². The molecule has 0 radical (unpaired) electrons. The predicted molar refractivity (Wildman–Crippen MR) is 222 cm³/mol. The van der Waals surface area contributed by atoms with Gasteiger partial charge in [-0.05, 0) is 82.2 Å². The van der Waals surface area contributed by atoms with E-state index in [0.717, 1.165) is 17.8 Å². The zero-order valence-electron chi connectivity index (χ0n) is 28.7. The van der Waals surface area contributed by atoms with E-state index in [1.165, 1.54) is 71.4 Å². The highest BCUT2D eigenvalue weighted by molar-refractivity contribution is 6.14. The van der Waals surface area contributed by atoms with Crippen molar-refractivity contribution in [2.75, 3.05) is 4.90 Å². The molecule has 0 N–H and O–H groups in total. The summed E-state index contributed by atoms with van der Waals surface area (Å²) in [5.41, 5.74) is 10.7. The van der Waals surface area contributed by atoms with Gasteiger partial charge in [0.25, 0.3) is 0 Å². The third kappa shape index (κ3) is 5.03. The normalized spacial score (nSPS) is 14.1. The zero-order valence-corrected chi connectivity index (χ0v) is 28.7. The van der Waals surface area contributed by atoms with Gasteiger partial charge < -0.3 is 9.47 Å². The van der Waals surface area contributed by atoms with E-state index in [9.17, 15) is 0 Å². The minimum Gasteiger partial charge on any atom is -0.310 e. The van der Waals surface area contributed by atoms with Crippen molar-refractivity contribution < 1.29 is 0 Å². The lowest BCUT2D eigenvalue weighted by molar-refractivity contribution is 0.853. The highest BCUT2D eigenvalue weighted by atomic mass is 15.1. The summed E-state index contributed by atoms with van der Waals surface area (Å²) < 4.78 is 2.42. The van der Waals surface area contributed by atoms with Crippen molar-refractivity contribution in [2.45, 2.75) is 12.3 Å². The van der Waals surface area contributed by atoms with Crippen LogP contribution >= 0.6 is 0 Å². The van der Waals surface area contributed by atoms with E-state index in [-0.39, 0.29) is 0 Å². The van der Waals surface area contributed by atoms with Gasteiger partial charge in [0.05, 0.1) is 22.4 Å². The zero-order chi connectivity index (χ0) is 34.4. The van der Waals surface area contributed by atoms with Crippen LogP contribution in [0.15, 0.2) is 200 Å². The number of hydrogen-bond acceptors (Lipinski definition) is 1. The Bertz CT molecular complexity index is 2780. The largest absolute Gasteiger partial charge is 0.310 e. The second kappa shape index (κ2) is 12.6. The van der Waals surface area contributed by atoms with E-state index < -0.39 is 0 Å². The molecule has 0 aliphatic heterocycles. The molecular weight excluding hydrogens is 629 g/mol. The van der Waals surface area contributed by atoms with Crippen LogP contribution in [-0.2, 0) is 0 Å². The van der Waals surface area contributed by atoms with Gasteiger partial charge in [-0.1, -0.05) is 152 Å². The summed E-state index contributed by atoms with van der Waals surface area (Å²) in [5.74, 6) is 0.361. The van der Waals surface area contributed by atoms with E-state index in [2.05, 4.69) is 210 Å². The maximum Gasteiger partial charge on any atom is 0.0546 e. The van der Waals surface area contributed by atoms with Gasteiger partial charge >= 0.3 is 0 Å². The Labute approximate surface area is 303 Å². The molecule has 2 heteroatoms. The molecule has 0 saturated carbocycles. The third-order valence-electron chi connectivity index (χ3n) is 10.7. The molecule has 1 heterocycles. The quantitative estimate of drug-likeness (QED) is 0.161. The second-order valence-electron chi connectivity index (χ2n) is 13.7. The van der Waals surface area contributed by atoms with Gasteiger partial charge in [-0.3, -0.25) is 0 Å². The fourth-order valence-electron chi connectivity index (χ4n) is 8.25. The lowest BCUT2D eigenvalue weighted by Crippen LogP contribution is -2.11. The molecule has 52 heavy (non-hydrogen) atoms. The number of rotatable bonds is 6. The molecule has 0 saturated heterocycles. The Kier molecular flexibility index (Phi) is 7.32. The Morgan fingerprint density at radius 2 is 1.13 bits per heavy atom. The van der Waals surface area contributed by atoms with Crippen LogP contribution in [0.5, 0.6) is 0 Å². The van der Waals surface area contributed by atoms with Crippen LogP contribution in [-0.4, -0.2) is 4.57 Å². The van der Waals surface area contributed by atoms with Gasteiger partial charge in [0.1, 0.15) is 0 Å². The van der Waals surface area contributed by atoms with Crippen LogP contribution in [0.3, 0.4) is 0 Å². The molecule has 9 aromatic rings. The SMILES string of the molecule is C1=CCC(c2cccc(N(c3ccc(-c4ccccc4-n4c5ccccc5c5ccccc54)cc3)c3cc4ccccc4c4ccccc34)c2)C=C1. The fourth-order valence-corrected chi connectivity index (χ4v) is 8.25. The topological polar surface area (TPSA) is 8.17 Å². The van der Waals surface area contributed by atoms with Crippen molar-refractivity contribution in [2.24, 2.45) is 0 Å². The molecule has 2 nitrogen and oxygen atoms in total. The smallest absolute Gasteiger partial charge is 0.0546 e. The monoisotopic (exact) mass is 664 g/mol. The minimum atomic E-state index is 0.361. The highest BCUT2D eigenvalue weighted by Gasteiger charge is 2.20. The first kappa shape index (κ1) is 30.2. The maximum atomic E-state index is 2.45. The Balaban J connectivity index is 1.15. The molecule has 1 aliphatic carbocycles. The standard InChI is InChI=1S/C50H36N2/c1-2-15-35(16-3-1)37-18-14-19-40(33-37)51(50-34-38-17-4-5-20-41(38)43-22-6-7-23-44(43)50)39-31-29-36(30-32-39)42-21-8-11-26-47(42)52-48-27-12-9-24-45(48)46-25-10-13-28-49(46)52/h1-15,17-35H,16H2. The number of aromatic nitrogens is 1. The van der Waals surface area contributed by atoms with E-state index in [4.69, 9.17) is 0 Å². The van der Waals surface area contributed by atoms with E-state index in [1.807, 2.05) is 0 Å². The summed E-state index contributed by atoms with van der Waals surface area (Å²) >= 11 is 0. The van der Waals surface area contributed by atoms with Crippen molar-refractivity contribution in [3.8, 4) is 16.8 Å². The van der Waals surface area contributed by atoms with Crippen LogP contribution in [0.2, 0.25) is 0 Å². The first-order valence-corrected chi connectivity index (χ1v) is 18.1. The van der Waals surface area contributed by atoms with E-state index in [1.54, 1.807) is 0 Å². The number of anilines is 3. The number of allylic oxidation sites excluding steroid dienone is 4. The lowest BCUT2D eigenvalue weighted by Gasteiger charge is -2.29. The van der Waals surface area contributed by atoms with Crippen molar-refractivity contribution in [1.29, 1.82) is 0 Å². The summed E-state index contributed by atoms with van der Waals surface area (Å²) in [5, 5.41) is 7.52. The summed E-state index contributed by atoms with van der Waals surface area (Å²) in [7, 11) is 0. The van der Waals surface area contributed by atoms with Gasteiger partial charge in [-0.25, -0.2) is 0 Å². The van der Waals surface area contributed by atoms with Crippen LogP contribution in [0.4, 0.5) is 17.1 Å². The first-order chi connectivity index (χ1) is 25.8. The van der Waals surface area contributed by atoms with Crippen LogP contribution in [0, 0.1) is 0 Å². The molecule has 0 spiro atoms. The van der Waals surface area contributed by atoms with E-state index >= 15 is 0 Å². The molecule has 1 unspecified atom stereocenters. The van der Waals surface area contributed by atoms with Crippen LogP contribution in [0.1, 0.15) is 17.9 Å². The Morgan fingerprint density at radius 1 is 0.481 bits per heavy atom. The van der Waals surface area contributed by atoms with Crippen LogP contribution in [0.25, 0.3) is 60.2 Å². The van der Waals surface area contributed by atoms with Gasteiger partial charge in [0.2, 0.25) is 0 Å². The van der Waals surface area contributed by atoms with E-state index in [0.29, 0.717) is 5.92 Å². The molecule has 246 valence electrons. The molecule has 1 aliphatic rings. The fraction of sp³-hybridized carbons (Fsp3) is 0.0400. The number of para-hydroxylation sites is 3.